The van der Waals surface area contributed by atoms with Crippen LogP contribution < -0.4 is 14.8 Å². The van der Waals surface area contributed by atoms with Crippen molar-refractivity contribution in [3.63, 3.8) is 0 Å². The average Bonchev–Trinajstić information content (AvgIpc) is 3.19. The van der Waals surface area contributed by atoms with Gasteiger partial charge >= 0.3 is 0 Å². The number of para-hydroxylation sites is 2. The zero-order valence-electron chi connectivity index (χ0n) is 15.8. The second-order valence-corrected chi connectivity index (χ2v) is 6.51. The predicted molar refractivity (Wildman–Crippen MR) is 111 cm³/mol. The fraction of sp³-hybridized carbons (Fsp3) is 0.130. The number of carbonyl (C=O) groups excluding carboxylic acids is 1. The number of nitrogens with zero attached hydrogens (tertiary/aromatic N) is 1. The summed E-state index contributed by atoms with van der Waals surface area (Å²) in [5.74, 6) is 1.85. The van der Waals surface area contributed by atoms with E-state index >= 15 is 0 Å². The Bertz CT molecular complexity index is 1040. The number of carbonyl (C=O) groups is 1. The summed E-state index contributed by atoms with van der Waals surface area (Å²) in [4.78, 5) is 19.6. The van der Waals surface area contributed by atoms with Crippen LogP contribution >= 0.6 is 0 Å². The van der Waals surface area contributed by atoms with Crippen molar-refractivity contribution < 1.29 is 14.3 Å². The Morgan fingerprint density at radius 3 is 2.31 bits per heavy atom. The Hall–Kier alpha value is -3.80. The van der Waals surface area contributed by atoms with Crippen LogP contribution in [0.25, 0.3) is 11.0 Å². The van der Waals surface area contributed by atoms with Gasteiger partial charge in [0.2, 0.25) is 0 Å². The van der Waals surface area contributed by atoms with Crippen LogP contribution in [0.4, 0.5) is 0 Å². The predicted octanol–water partition coefficient (Wildman–Crippen LogP) is 3.84. The lowest BCUT2D eigenvalue weighted by Crippen LogP contribution is -2.28. The number of benzene rings is 3. The van der Waals surface area contributed by atoms with E-state index in [1.54, 1.807) is 12.1 Å². The highest BCUT2D eigenvalue weighted by atomic mass is 16.5. The molecule has 29 heavy (non-hydrogen) atoms. The molecule has 0 fully saturated rings. The van der Waals surface area contributed by atoms with Crippen LogP contribution in [0, 0.1) is 0 Å². The van der Waals surface area contributed by atoms with E-state index < -0.39 is 0 Å². The fourth-order valence-corrected chi connectivity index (χ4v) is 2.84. The molecule has 0 radical (unpaired) electrons. The van der Waals surface area contributed by atoms with Gasteiger partial charge in [-0.25, -0.2) is 4.98 Å². The summed E-state index contributed by atoms with van der Waals surface area (Å²) in [6.45, 7) is 0.763. The summed E-state index contributed by atoms with van der Waals surface area (Å²) < 4.78 is 11.3. The topological polar surface area (TPSA) is 76.2 Å². The molecular weight excluding hydrogens is 366 g/mol. The molecular formula is C23H21N3O3. The van der Waals surface area contributed by atoms with Gasteiger partial charge in [-0.2, -0.15) is 0 Å². The molecule has 0 saturated carbocycles. The Balaban J connectivity index is 1.21. The zero-order chi connectivity index (χ0) is 19.9. The molecule has 1 aromatic heterocycles. The lowest BCUT2D eigenvalue weighted by molar-refractivity contribution is -0.123. The highest BCUT2D eigenvalue weighted by Gasteiger charge is 2.06. The average molecular weight is 387 g/mol. The SMILES string of the molecule is O=C(COc1ccc(OCc2ccccc2)cc1)NCc1nc2ccccc2[nH]1. The smallest absolute Gasteiger partial charge is 0.258 e. The van der Waals surface area contributed by atoms with E-state index in [1.165, 1.54) is 0 Å². The van der Waals surface area contributed by atoms with Crippen molar-refractivity contribution in [3.8, 4) is 11.5 Å². The molecule has 0 aliphatic heterocycles. The molecule has 6 nitrogen and oxygen atoms in total. The number of amides is 1. The van der Waals surface area contributed by atoms with Crippen LogP contribution in [0.15, 0.2) is 78.9 Å². The minimum absolute atomic E-state index is 0.0650. The van der Waals surface area contributed by atoms with Gasteiger partial charge in [-0.3, -0.25) is 4.79 Å². The van der Waals surface area contributed by atoms with E-state index in [2.05, 4.69) is 15.3 Å². The van der Waals surface area contributed by atoms with Crippen molar-refractivity contribution in [1.29, 1.82) is 0 Å². The quantitative estimate of drug-likeness (QED) is 0.482. The molecule has 0 saturated heterocycles. The molecule has 0 unspecified atom stereocenters. The lowest BCUT2D eigenvalue weighted by Gasteiger charge is -2.09. The molecule has 0 aliphatic rings. The van der Waals surface area contributed by atoms with Crippen molar-refractivity contribution in [1.82, 2.24) is 15.3 Å². The van der Waals surface area contributed by atoms with E-state index in [-0.39, 0.29) is 12.5 Å². The largest absolute Gasteiger partial charge is 0.489 e. The van der Waals surface area contributed by atoms with Crippen LogP contribution in [0.1, 0.15) is 11.4 Å². The van der Waals surface area contributed by atoms with Crippen molar-refractivity contribution in [2.45, 2.75) is 13.2 Å². The third-order valence-electron chi connectivity index (χ3n) is 4.33. The second-order valence-electron chi connectivity index (χ2n) is 6.51. The summed E-state index contributed by atoms with van der Waals surface area (Å²) in [5, 5.41) is 2.80. The number of rotatable bonds is 8. The lowest BCUT2D eigenvalue weighted by atomic mass is 10.2. The first-order valence-corrected chi connectivity index (χ1v) is 9.36. The summed E-state index contributed by atoms with van der Waals surface area (Å²) in [5.41, 5.74) is 2.93. The van der Waals surface area contributed by atoms with Crippen LogP contribution in [-0.4, -0.2) is 22.5 Å². The molecule has 4 aromatic rings. The van der Waals surface area contributed by atoms with E-state index in [0.717, 1.165) is 22.3 Å². The standard InChI is InChI=1S/C23H21N3O3/c27-23(24-14-22-25-20-8-4-5-9-21(20)26-22)16-29-19-12-10-18(11-13-19)28-15-17-6-2-1-3-7-17/h1-13H,14-16H2,(H,24,27)(H,25,26). The Morgan fingerprint density at radius 2 is 1.55 bits per heavy atom. The highest BCUT2D eigenvalue weighted by Crippen LogP contribution is 2.18. The maximum Gasteiger partial charge on any atom is 0.258 e. The molecule has 3 aromatic carbocycles. The van der Waals surface area contributed by atoms with Gasteiger partial charge in [0.05, 0.1) is 17.6 Å². The molecule has 0 spiro atoms. The summed E-state index contributed by atoms with van der Waals surface area (Å²) in [7, 11) is 0. The Morgan fingerprint density at radius 1 is 0.862 bits per heavy atom. The van der Waals surface area contributed by atoms with Crippen LogP contribution in [-0.2, 0) is 17.9 Å². The minimum Gasteiger partial charge on any atom is -0.489 e. The Labute approximate surface area is 168 Å². The van der Waals surface area contributed by atoms with Gasteiger partial charge in [0.15, 0.2) is 6.61 Å². The van der Waals surface area contributed by atoms with Gasteiger partial charge in [0.1, 0.15) is 23.9 Å². The number of aromatic nitrogens is 2. The monoisotopic (exact) mass is 387 g/mol. The number of aromatic amines is 1. The number of hydrogen-bond donors (Lipinski definition) is 2. The third-order valence-corrected chi connectivity index (χ3v) is 4.33. The van der Waals surface area contributed by atoms with E-state index in [9.17, 15) is 4.79 Å². The first-order valence-electron chi connectivity index (χ1n) is 9.36. The van der Waals surface area contributed by atoms with Gasteiger partial charge in [-0.15, -0.1) is 0 Å². The number of ether oxygens (including phenoxy) is 2. The molecule has 4 rings (SSSR count). The van der Waals surface area contributed by atoms with Crippen molar-refractivity contribution in [3.05, 3.63) is 90.3 Å². The first-order chi connectivity index (χ1) is 14.3. The van der Waals surface area contributed by atoms with Crippen LogP contribution in [0.2, 0.25) is 0 Å². The van der Waals surface area contributed by atoms with E-state index in [1.807, 2.05) is 66.7 Å². The molecule has 1 heterocycles. The summed E-state index contributed by atoms with van der Waals surface area (Å²) in [6.07, 6.45) is 0. The summed E-state index contributed by atoms with van der Waals surface area (Å²) >= 11 is 0. The fourth-order valence-electron chi connectivity index (χ4n) is 2.84. The maximum absolute atomic E-state index is 12.0. The Kier molecular flexibility index (Phi) is 5.71. The second kappa shape index (κ2) is 8.93. The molecule has 0 aliphatic carbocycles. The van der Waals surface area contributed by atoms with E-state index in [4.69, 9.17) is 9.47 Å². The molecule has 0 bridgehead atoms. The molecule has 146 valence electrons. The number of H-pyrrole nitrogens is 1. The molecule has 0 atom stereocenters. The normalized spacial score (nSPS) is 10.6. The first kappa shape index (κ1) is 18.6. The highest BCUT2D eigenvalue weighted by molar-refractivity contribution is 5.78. The minimum atomic E-state index is -0.213. The van der Waals surface area contributed by atoms with Gasteiger partial charge in [0, 0.05) is 0 Å². The van der Waals surface area contributed by atoms with E-state index in [0.29, 0.717) is 24.7 Å². The number of fused-ring (bicyclic) bond motifs is 1. The van der Waals surface area contributed by atoms with Crippen molar-refractivity contribution in [2.75, 3.05) is 6.61 Å². The number of imidazole rings is 1. The molecule has 2 N–H and O–H groups in total. The van der Waals surface area contributed by atoms with Gasteiger partial charge in [0.25, 0.3) is 5.91 Å². The number of nitrogens with one attached hydrogen (secondary N) is 2. The van der Waals surface area contributed by atoms with Gasteiger partial charge < -0.3 is 19.8 Å². The van der Waals surface area contributed by atoms with Crippen molar-refractivity contribution >= 4 is 16.9 Å². The molecule has 1 amide bonds. The molecule has 6 heteroatoms. The maximum atomic E-state index is 12.0. The van der Waals surface area contributed by atoms with Crippen LogP contribution in [0.5, 0.6) is 11.5 Å². The van der Waals surface area contributed by atoms with Gasteiger partial charge in [-0.1, -0.05) is 42.5 Å². The zero-order valence-corrected chi connectivity index (χ0v) is 15.8. The van der Waals surface area contributed by atoms with Gasteiger partial charge in [-0.05, 0) is 42.0 Å². The third kappa shape index (κ3) is 5.13. The van der Waals surface area contributed by atoms with Crippen LogP contribution in [0.3, 0.4) is 0 Å². The number of hydrogen-bond acceptors (Lipinski definition) is 4. The van der Waals surface area contributed by atoms with Crippen molar-refractivity contribution in [2.24, 2.45) is 0 Å². The summed E-state index contributed by atoms with van der Waals surface area (Å²) in [6, 6.07) is 24.9.